The quantitative estimate of drug-likeness (QED) is 0.867. The van der Waals surface area contributed by atoms with Crippen LogP contribution in [0.25, 0.3) is 0 Å². The maximum atomic E-state index is 4.41. The molecule has 0 bridgehead atoms. The Morgan fingerprint density at radius 3 is 2.53 bits per heavy atom. The summed E-state index contributed by atoms with van der Waals surface area (Å²) in [7, 11) is 0. The standard InChI is InChI=1S/C13H24BrN3/c1-6-13(4,5)12(15-7-2)11-10(14)9-16-17(11)8-3/h9,12,15H,6-8H2,1-5H3. The average Bonchev–Trinajstić information content (AvgIpc) is 2.67. The Balaban J connectivity index is 3.17. The molecule has 1 aromatic heterocycles. The van der Waals surface area contributed by atoms with Gasteiger partial charge in [0.25, 0.3) is 0 Å². The van der Waals surface area contributed by atoms with E-state index in [0.29, 0.717) is 6.04 Å². The molecule has 0 aliphatic carbocycles. The van der Waals surface area contributed by atoms with Crippen molar-refractivity contribution in [3.05, 3.63) is 16.4 Å². The second kappa shape index (κ2) is 6.01. The zero-order valence-corrected chi connectivity index (χ0v) is 13.1. The van der Waals surface area contributed by atoms with E-state index in [0.717, 1.165) is 24.0 Å². The number of nitrogens with zero attached hydrogens (tertiary/aromatic N) is 2. The van der Waals surface area contributed by atoms with Crippen molar-refractivity contribution in [1.29, 1.82) is 0 Å². The van der Waals surface area contributed by atoms with E-state index in [4.69, 9.17) is 0 Å². The molecule has 1 atom stereocenters. The predicted molar refractivity (Wildman–Crippen MR) is 76.1 cm³/mol. The summed E-state index contributed by atoms with van der Waals surface area (Å²) in [5, 5.41) is 8.02. The van der Waals surface area contributed by atoms with E-state index < -0.39 is 0 Å². The molecule has 1 N–H and O–H groups in total. The van der Waals surface area contributed by atoms with Crippen molar-refractivity contribution in [3.63, 3.8) is 0 Å². The fourth-order valence-corrected chi connectivity index (χ4v) is 2.59. The summed E-state index contributed by atoms with van der Waals surface area (Å²) in [6.07, 6.45) is 3.03. The first-order valence-corrected chi connectivity index (χ1v) is 7.21. The second-order valence-electron chi connectivity index (χ2n) is 5.03. The molecule has 4 heteroatoms. The first kappa shape index (κ1) is 14.7. The van der Waals surface area contributed by atoms with Crippen LogP contribution >= 0.6 is 15.9 Å². The molecule has 3 nitrogen and oxygen atoms in total. The lowest BCUT2D eigenvalue weighted by Gasteiger charge is -2.34. The lowest BCUT2D eigenvalue weighted by Crippen LogP contribution is -2.35. The van der Waals surface area contributed by atoms with Crippen molar-refractivity contribution in [2.75, 3.05) is 6.54 Å². The SMILES string of the molecule is CCNC(c1c(Br)cnn1CC)C(C)(C)CC. The molecule has 0 radical (unpaired) electrons. The Kier molecular flexibility index (Phi) is 5.20. The number of aryl methyl sites for hydroxylation is 1. The first-order valence-electron chi connectivity index (χ1n) is 6.42. The third kappa shape index (κ3) is 3.10. The summed E-state index contributed by atoms with van der Waals surface area (Å²) in [5.41, 5.74) is 1.48. The van der Waals surface area contributed by atoms with E-state index >= 15 is 0 Å². The monoisotopic (exact) mass is 301 g/mol. The summed E-state index contributed by atoms with van der Waals surface area (Å²) < 4.78 is 3.18. The van der Waals surface area contributed by atoms with Gasteiger partial charge in [0.15, 0.2) is 0 Å². The Morgan fingerprint density at radius 2 is 2.06 bits per heavy atom. The van der Waals surface area contributed by atoms with E-state index in [-0.39, 0.29) is 5.41 Å². The molecule has 0 saturated heterocycles. The molecule has 1 unspecified atom stereocenters. The molecule has 0 amide bonds. The molecule has 1 heterocycles. The van der Waals surface area contributed by atoms with E-state index in [2.05, 4.69) is 65.6 Å². The summed E-state index contributed by atoms with van der Waals surface area (Å²) in [5.74, 6) is 0. The number of nitrogens with one attached hydrogen (secondary N) is 1. The minimum absolute atomic E-state index is 0.214. The molecule has 1 rings (SSSR count). The van der Waals surface area contributed by atoms with Crippen molar-refractivity contribution >= 4 is 15.9 Å². The van der Waals surface area contributed by atoms with Gasteiger partial charge in [-0.3, -0.25) is 4.68 Å². The minimum atomic E-state index is 0.214. The predicted octanol–water partition coefficient (Wildman–Crippen LogP) is 3.75. The number of aromatic nitrogens is 2. The zero-order valence-electron chi connectivity index (χ0n) is 11.5. The van der Waals surface area contributed by atoms with Crippen molar-refractivity contribution in [3.8, 4) is 0 Å². The average molecular weight is 302 g/mol. The second-order valence-corrected chi connectivity index (χ2v) is 5.88. The molecule has 0 spiro atoms. The van der Waals surface area contributed by atoms with Gasteiger partial charge in [-0.25, -0.2) is 0 Å². The van der Waals surface area contributed by atoms with Crippen LogP contribution in [0.15, 0.2) is 10.7 Å². The van der Waals surface area contributed by atoms with Gasteiger partial charge in [0.1, 0.15) is 0 Å². The van der Waals surface area contributed by atoms with Gasteiger partial charge in [-0.1, -0.05) is 27.7 Å². The Labute approximate surface area is 113 Å². The highest BCUT2D eigenvalue weighted by Crippen LogP contribution is 2.39. The summed E-state index contributed by atoms with van der Waals surface area (Å²) in [6, 6.07) is 0.328. The van der Waals surface area contributed by atoms with Crippen molar-refractivity contribution in [2.24, 2.45) is 5.41 Å². The lowest BCUT2D eigenvalue weighted by atomic mass is 9.80. The van der Waals surface area contributed by atoms with Crippen LogP contribution in [0.5, 0.6) is 0 Å². The lowest BCUT2D eigenvalue weighted by molar-refractivity contribution is 0.225. The minimum Gasteiger partial charge on any atom is -0.308 e. The Hall–Kier alpha value is -0.350. The normalized spacial score (nSPS) is 14.0. The molecular formula is C13H24BrN3. The Bertz CT molecular complexity index is 358. The summed E-state index contributed by atoms with van der Waals surface area (Å²) in [4.78, 5) is 0. The van der Waals surface area contributed by atoms with Gasteiger partial charge in [0.2, 0.25) is 0 Å². The third-order valence-electron chi connectivity index (χ3n) is 3.51. The van der Waals surface area contributed by atoms with Crippen molar-refractivity contribution in [1.82, 2.24) is 15.1 Å². The van der Waals surface area contributed by atoms with Crippen LogP contribution in [0.2, 0.25) is 0 Å². The largest absolute Gasteiger partial charge is 0.308 e. The van der Waals surface area contributed by atoms with Crippen LogP contribution in [-0.2, 0) is 6.54 Å². The highest BCUT2D eigenvalue weighted by molar-refractivity contribution is 9.10. The van der Waals surface area contributed by atoms with E-state index in [1.165, 1.54) is 5.69 Å². The molecule has 1 aromatic rings. The number of hydrogen-bond acceptors (Lipinski definition) is 2. The van der Waals surface area contributed by atoms with Crippen LogP contribution in [0.1, 0.15) is 52.8 Å². The van der Waals surface area contributed by atoms with Gasteiger partial charge < -0.3 is 5.32 Å². The van der Waals surface area contributed by atoms with Crippen molar-refractivity contribution in [2.45, 2.75) is 53.6 Å². The summed E-state index contributed by atoms with van der Waals surface area (Å²) >= 11 is 3.63. The van der Waals surface area contributed by atoms with E-state index in [1.54, 1.807) is 0 Å². The maximum Gasteiger partial charge on any atom is 0.0700 e. The highest BCUT2D eigenvalue weighted by atomic mass is 79.9. The van der Waals surface area contributed by atoms with Gasteiger partial charge in [0.05, 0.1) is 22.4 Å². The molecule has 0 aliphatic rings. The number of rotatable bonds is 6. The maximum absolute atomic E-state index is 4.41. The van der Waals surface area contributed by atoms with Gasteiger partial charge in [-0.2, -0.15) is 5.10 Å². The van der Waals surface area contributed by atoms with Crippen LogP contribution in [-0.4, -0.2) is 16.3 Å². The van der Waals surface area contributed by atoms with E-state index in [1.807, 2.05) is 6.20 Å². The van der Waals surface area contributed by atoms with Crippen LogP contribution in [0.3, 0.4) is 0 Å². The molecule has 0 aromatic carbocycles. The fraction of sp³-hybridized carbons (Fsp3) is 0.769. The molecular weight excluding hydrogens is 278 g/mol. The van der Waals surface area contributed by atoms with Gasteiger partial charge in [-0.05, 0) is 41.2 Å². The Morgan fingerprint density at radius 1 is 1.41 bits per heavy atom. The molecule has 0 saturated carbocycles. The van der Waals surface area contributed by atoms with Gasteiger partial charge in [-0.15, -0.1) is 0 Å². The van der Waals surface area contributed by atoms with Crippen LogP contribution in [0.4, 0.5) is 0 Å². The third-order valence-corrected chi connectivity index (χ3v) is 4.12. The molecule has 0 fully saturated rings. The first-order chi connectivity index (χ1) is 7.97. The van der Waals surface area contributed by atoms with E-state index in [9.17, 15) is 0 Å². The van der Waals surface area contributed by atoms with Gasteiger partial charge >= 0.3 is 0 Å². The summed E-state index contributed by atoms with van der Waals surface area (Å²) in [6.45, 7) is 13.0. The van der Waals surface area contributed by atoms with Crippen LogP contribution in [0, 0.1) is 5.41 Å². The molecule has 17 heavy (non-hydrogen) atoms. The number of hydrogen-bond donors (Lipinski definition) is 1. The smallest absolute Gasteiger partial charge is 0.0700 e. The number of halogens is 1. The van der Waals surface area contributed by atoms with Crippen molar-refractivity contribution < 1.29 is 0 Å². The topological polar surface area (TPSA) is 29.9 Å². The van der Waals surface area contributed by atoms with Gasteiger partial charge in [0, 0.05) is 6.54 Å². The zero-order chi connectivity index (χ0) is 13.1. The van der Waals surface area contributed by atoms with Crippen LogP contribution < -0.4 is 5.32 Å². The molecule has 0 aliphatic heterocycles. The fourth-order valence-electron chi connectivity index (χ4n) is 2.06. The highest BCUT2D eigenvalue weighted by Gasteiger charge is 2.32. The molecule has 98 valence electrons.